The topological polar surface area (TPSA) is 185 Å². The van der Waals surface area contributed by atoms with E-state index in [9.17, 15) is 19.8 Å². The third-order valence-corrected chi connectivity index (χ3v) is 20.1. The molecule has 356 valence electrons. The van der Waals surface area contributed by atoms with Gasteiger partial charge in [-0.3, -0.25) is 14.6 Å². The van der Waals surface area contributed by atoms with Crippen LogP contribution in [0.2, 0.25) is 0 Å². The molecule has 0 radical (unpaired) electrons. The van der Waals surface area contributed by atoms with Crippen molar-refractivity contribution in [1.29, 1.82) is 0 Å². The lowest BCUT2D eigenvalue weighted by molar-refractivity contribution is -0.168. The molecule has 5 aliphatic heterocycles. The molecule has 2 spiro atoms. The summed E-state index contributed by atoms with van der Waals surface area (Å²) in [6.45, 7) is 3.33. The molecule has 8 N–H and O–H groups in total. The van der Waals surface area contributed by atoms with Crippen LogP contribution in [-0.2, 0) is 27.3 Å². The molecule has 0 unspecified atom stereocenters. The number of rotatable bonds is 3. The smallest absolute Gasteiger partial charge is 0.303 e. The van der Waals surface area contributed by atoms with Crippen molar-refractivity contribution in [2.24, 2.45) is 39.1 Å². The van der Waals surface area contributed by atoms with Crippen LogP contribution >= 0.6 is 21.6 Å². The fourth-order valence-corrected chi connectivity index (χ4v) is 17.0. The first kappa shape index (κ1) is 46.6. The van der Waals surface area contributed by atoms with Crippen molar-refractivity contribution >= 4 is 45.5 Å². The SMILES string of the molecule is CC(=O)O[C@@]12CCc3cc(c(O)c4c3C=C[C@H]3CCC[C@H]3O4)CN3C[C@](CC4=CCNC(N)=C4)(CCN=C(N)N[C@@]4(CCCC45CCCC5)SSCCCCC[C@H](CC1)[C@H](O)C2)CC3=O. The number of esters is 1. The van der Waals surface area contributed by atoms with E-state index in [1.54, 1.807) is 0 Å². The number of allylic oxidation sites excluding steroid dienone is 2. The lowest BCUT2D eigenvalue weighted by Gasteiger charge is -2.44. The van der Waals surface area contributed by atoms with Crippen molar-refractivity contribution in [3.8, 4) is 11.5 Å². The molecule has 4 saturated carbocycles. The van der Waals surface area contributed by atoms with Crippen LogP contribution in [0, 0.1) is 22.7 Å². The van der Waals surface area contributed by atoms with Crippen molar-refractivity contribution < 1.29 is 29.3 Å². The Morgan fingerprint density at radius 2 is 1.85 bits per heavy atom. The molecule has 5 heterocycles. The Labute approximate surface area is 394 Å². The zero-order chi connectivity index (χ0) is 45.2. The number of phenols is 1. The molecule has 7 atom stereocenters. The van der Waals surface area contributed by atoms with Crippen molar-refractivity contribution in [3.05, 3.63) is 52.4 Å². The standard InChI is InChI=1S/C51H74N6O6S2/c1-34(58)63-50-21-14-36(41(59)30-50)9-3-2-6-26-64-65-51(20-8-19-49(51)17-4-5-18-49)56-47(53)55-25-23-48(29-35-16-24-54-43(52)27-35)31-44(60)57(33-48)32-39-28-38(15-22-50)40-13-12-37-10-7-11-42(37)62-46(40)45(39)61/h12-13,16,27-28,36-37,41-42,54,59,61H,2-11,14-15,17-26,29-33,52H2,1H3,(H3,53,55,56)/t36-,37-,41-,42-,48+,50-,51+/m1/s1. The van der Waals surface area contributed by atoms with Gasteiger partial charge in [-0.25, -0.2) is 0 Å². The normalized spacial score (nSPS) is 34.4. The number of fused-ring (bicyclic) bond motifs is 14. The Kier molecular flexibility index (Phi) is 14.1. The van der Waals surface area contributed by atoms with Gasteiger partial charge in [0.1, 0.15) is 16.6 Å². The van der Waals surface area contributed by atoms with Gasteiger partial charge in [-0.05, 0) is 132 Å². The van der Waals surface area contributed by atoms with Crippen molar-refractivity contribution in [1.82, 2.24) is 15.5 Å². The van der Waals surface area contributed by atoms with E-state index in [0.29, 0.717) is 87.7 Å². The Balaban J connectivity index is 1.05. The van der Waals surface area contributed by atoms with Crippen LogP contribution in [0.3, 0.4) is 0 Å². The summed E-state index contributed by atoms with van der Waals surface area (Å²) < 4.78 is 13.0. The molecule has 0 aromatic heterocycles. The zero-order valence-electron chi connectivity index (χ0n) is 38.7. The number of ether oxygens (including phenoxy) is 2. The van der Waals surface area contributed by atoms with Gasteiger partial charge in [0, 0.05) is 79.6 Å². The number of aliphatic hydroxyl groups is 1. The number of aryl methyl sites for hydroxylation is 1. The second-order valence-corrected chi connectivity index (χ2v) is 23.9. The van der Waals surface area contributed by atoms with Crippen LogP contribution in [0.1, 0.15) is 158 Å². The maximum atomic E-state index is 14.4. The number of hydrogen-bond donors (Lipinski definition) is 6. The number of nitrogens with zero attached hydrogens (tertiary/aromatic N) is 2. The summed E-state index contributed by atoms with van der Waals surface area (Å²) in [4.78, 5) is 33.9. The van der Waals surface area contributed by atoms with E-state index in [1.807, 2.05) is 38.6 Å². The van der Waals surface area contributed by atoms with Crippen molar-refractivity contribution in [2.45, 2.75) is 177 Å². The summed E-state index contributed by atoms with van der Waals surface area (Å²) in [7, 11) is 3.98. The number of benzene rings is 1. The minimum Gasteiger partial charge on any atom is -0.504 e. The van der Waals surface area contributed by atoms with E-state index < -0.39 is 17.1 Å². The Hall–Kier alpha value is -3.49. The summed E-state index contributed by atoms with van der Waals surface area (Å²) in [5.74, 6) is 2.90. The lowest BCUT2D eigenvalue weighted by atomic mass is 9.72. The Morgan fingerprint density at radius 1 is 1.00 bits per heavy atom. The highest BCUT2D eigenvalue weighted by Gasteiger charge is 2.57. The highest BCUT2D eigenvalue weighted by atomic mass is 33.1. The molecular weight excluding hydrogens is 857 g/mol. The predicted octanol–water partition coefficient (Wildman–Crippen LogP) is 8.49. The first-order valence-electron chi connectivity index (χ1n) is 25.0. The van der Waals surface area contributed by atoms with Gasteiger partial charge in [-0.15, -0.1) is 0 Å². The summed E-state index contributed by atoms with van der Waals surface area (Å²) >= 11 is 0. The molecule has 1 aromatic carbocycles. The fraction of sp³-hybridized carbons (Fsp3) is 0.706. The third-order valence-electron chi connectivity index (χ3n) is 16.8. The maximum Gasteiger partial charge on any atom is 0.303 e. The average molecular weight is 931 g/mol. The number of phenolic OH excluding ortho intramolecular Hbond substituents is 1. The predicted molar refractivity (Wildman–Crippen MR) is 261 cm³/mol. The number of amides is 1. The van der Waals surface area contributed by atoms with E-state index in [-0.39, 0.29) is 52.4 Å². The van der Waals surface area contributed by atoms with Gasteiger partial charge in [0.2, 0.25) is 5.91 Å². The molecule has 1 saturated heterocycles. The minimum atomic E-state index is -0.796. The number of carbonyl (C=O) groups is 2. The number of aromatic hydroxyl groups is 1. The van der Waals surface area contributed by atoms with Crippen LogP contribution in [-0.4, -0.2) is 81.0 Å². The number of guanidine groups is 1. The zero-order valence-corrected chi connectivity index (χ0v) is 40.3. The first-order chi connectivity index (χ1) is 31.4. The molecule has 6 bridgehead atoms. The van der Waals surface area contributed by atoms with Crippen LogP contribution in [0.5, 0.6) is 11.5 Å². The highest BCUT2D eigenvalue weighted by Crippen LogP contribution is 2.63. The quantitative estimate of drug-likeness (QED) is 0.126. The molecule has 10 rings (SSSR count). The van der Waals surface area contributed by atoms with E-state index in [2.05, 4.69) is 28.9 Å². The summed E-state index contributed by atoms with van der Waals surface area (Å²) in [5.41, 5.74) is 15.8. The lowest BCUT2D eigenvalue weighted by Crippen LogP contribution is -2.55. The Morgan fingerprint density at radius 3 is 2.66 bits per heavy atom. The van der Waals surface area contributed by atoms with Crippen LogP contribution in [0.15, 0.2) is 40.7 Å². The molecule has 12 nitrogen and oxygen atoms in total. The van der Waals surface area contributed by atoms with Gasteiger partial charge in [0.05, 0.1) is 11.9 Å². The molecule has 1 aromatic rings. The second-order valence-electron chi connectivity index (χ2n) is 21.2. The largest absolute Gasteiger partial charge is 0.504 e. The van der Waals surface area contributed by atoms with Gasteiger partial charge in [0.25, 0.3) is 0 Å². The molecule has 14 heteroatoms. The van der Waals surface area contributed by atoms with Crippen LogP contribution < -0.4 is 26.8 Å². The molecule has 9 aliphatic rings. The van der Waals surface area contributed by atoms with Gasteiger partial charge in [0.15, 0.2) is 17.5 Å². The van der Waals surface area contributed by atoms with Gasteiger partial charge in [-0.2, -0.15) is 0 Å². The van der Waals surface area contributed by atoms with E-state index in [1.165, 1.54) is 45.4 Å². The number of nitrogens with two attached hydrogens (primary N) is 2. The van der Waals surface area contributed by atoms with Crippen LogP contribution in [0.25, 0.3) is 6.08 Å². The summed E-state index contributed by atoms with van der Waals surface area (Å²) in [6.07, 6.45) is 28.3. The number of nitrogens with one attached hydrogen (secondary N) is 2. The van der Waals surface area contributed by atoms with Gasteiger partial charge < -0.3 is 46.7 Å². The molecule has 1 amide bonds. The summed E-state index contributed by atoms with van der Waals surface area (Å²) in [6, 6.07) is 2.05. The number of hydrogen-bond acceptors (Lipinski definition) is 13. The van der Waals surface area contributed by atoms with Crippen LogP contribution in [0.4, 0.5) is 0 Å². The average Bonchev–Trinajstić information content (AvgIpc) is 4.04. The maximum absolute atomic E-state index is 14.4. The Bertz CT molecular complexity index is 2060. The monoisotopic (exact) mass is 931 g/mol. The van der Waals surface area contributed by atoms with Crippen molar-refractivity contribution in [3.63, 3.8) is 0 Å². The second kappa shape index (κ2) is 19.6. The summed E-state index contributed by atoms with van der Waals surface area (Å²) in [5, 5.41) is 30.9. The van der Waals surface area contributed by atoms with E-state index in [4.69, 9.17) is 25.9 Å². The van der Waals surface area contributed by atoms with Gasteiger partial charge in [-0.1, -0.05) is 65.5 Å². The first-order valence-corrected chi connectivity index (χ1v) is 27.4. The third kappa shape index (κ3) is 10.1. The number of dihydropyridines is 1. The van der Waals surface area contributed by atoms with Crippen molar-refractivity contribution in [2.75, 3.05) is 25.4 Å². The molecule has 5 fully saturated rings. The van der Waals surface area contributed by atoms with Gasteiger partial charge >= 0.3 is 5.97 Å². The fourth-order valence-electron chi connectivity index (χ4n) is 13.4. The molecule has 4 aliphatic carbocycles. The molecule has 65 heavy (non-hydrogen) atoms. The molecular formula is C51H74N6O6S2. The number of aliphatic imine (C=N–C) groups is 1. The highest BCUT2D eigenvalue weighted by molar-refractivity contribution is 8.77. The number of carbonyl (C=O) groups excluding carboxylic acids is 2. The number of aliphatic hydroxyl groups excluding tert-OH is 1. The minimum absolute atomic E-state index is 0.0276. The van der Waals surface area contributed by atoms with E-state index in [0.717, 1.165) is 80.2 Å². The van der Waals surface area contributed by atoms with E-state index >= 15 is 0 Å².